The molecule has 0 saturated heterocycles. The van der Waals surface area contributed by atoms with Crippen molar-refractivity contribution in [2.45, 2.75) is 26.7 Å². The lowest BCUT2D eigenvalue weighted by molar-refractivity contribution is -0.114. The Labute approximate surface area is 106 Å². The predicted octanol–water partition coefficient (Wildman–Crippen LogP) is 2.31. The highest BCUT2D eigenvalue weighted by Crippen LogP contribution is 2.24. The fourth-order valence-electron chi connectivity index (χ4n) is 1.35. The molecule has 18 heavy (non-hydrogen) atoms. The minimum Gasteiger partial charge on any atom is -0.506 e. The molecule has 1 aromatic rings. The molecular formula is C13H17NO4. The Balaban J connectivity index is 2.77. The molecule has 0 radical (unpaired) electrons. The van der Waals surface area contributed by atoms with Crippen LogP contribution in [0.15, 0.2) is 18.2 Å². The normalized spacial score (nSPS) is 9.89. The number of carbonyl (C=O) groups excluding carboxylic acids is 2. The van der Waals surface area contributed by atoms with Gasteiger partial charge >= 0.3 is 5.97 Å². The third-order valence-electron chi connectivity index (χ3n) is 2.27. The summed E-state index contributed by atoms with van der Waals surface area (Å²) < 4.78 is 5.04. The molecule has 0 aromatic heterocycles. The summed E-state index contributed by atoms with van der Waals surface area (Å²) in [6.45, 7) is 3.70. The molecule has 0 atom stereocenters. The van der Waals surface area contributed by atoms with Crippen molar-refractivity contribution in [2.24, 2.45) is 0 Å². The molecule has 0 aliphatic rings. The van der Waals surface area contributed by atoms with Crippen LogP contribution in [0.2, 0.25) is 0 Å². The summed E-state index contributed by atoms with van der Waals surface area (Å²) in [5, 5.41) is 12.0. The minimum absolute atomic E-state index is 0.0877. The molecule has 0 unspecified atom stereocenters. The van der Waals surface area contributed by atoms with Crippen molar-refractivity contribution >= 4 is 17.6 Å². The number of phenols is 1. The number of carbonyl (C=O) groups is 2. The van der Waals surface area contributed by atoms with Gasteiger partial charge in [-0.25, -0.2) is 4.79 Å². The maximum Gasteiger partial charge on any atom is 0.338 e. The fourth-order valence-corrected chi connectivity index (χ4v) is 1.35. The van der Waals surface area contributed by atoms with E-state index in [0.717, 1.165) is 12.8 Å². The van der Waals surface area contributed by atoms with Crippen molar-refractivity contribution < 1.29 is 19.4 Å². The minimum atomic E-state index is -0.463. The number of rotatable bonds is 5. The lowest BCUT2D eigenvalue weighted by Crippen LogP contribution is -2.09. The van der Waals surface area contributed by atoms with Gasteiger partial charge in [-0.1, -0.05) is 13.3 Å². The van der Waals surface area contributed by atoms with E-state index >= 15 is 0 Å². The lowest BCUT2D eigenvalue weighted by Gasteiger charge is -2.08. The number of ether oxygens (including phenoxy) is 1. The van der Waals surface area contributed by atoms with Gasteiger partial charge in [0.1, 0.15) is 5.75 Å². The van der Waals surface area contributed by atoms with E-state index in [9.17, 15) is 14.7 Å². The van der Waals surface area contributed by atoms with E-state index in [1.165, 1.54) is 25.1 Å². The summed E-state index contributed by atoms with van der Waals surface area (Å²) in [5.41, 5.74) is 0.500. The maximum atomic E-state index is 11.7. The quantitative estimate of drug-likeness (QED) is 0.478. The van der Waals surface area contributed by atoms with E-state index in [0.29, 0.717) is 12.2 Å². The highest BCUT2D eigenvalue weighted by molar-refractivity contribution is 5.95. The Morgan fingerprint density at radius 1 is 1.39 bits per heavy atom. The predicted molar refractivity (Wildman–Crippen MR) is 67.6 cm³/mol. The SMILES string of the molecule is CCCCOC(=O)c1ccc(O)c(NC(C)=O)c1. The summed E-state index contributed by atoms with van der Waals surface area (Å²) in [6, 6.07) is 4.20. The second-order valence-electron chi connectivity index (χ2n) is 3.90. The van der Waals surface area contributed by atoms with Crippen LogP contribution in [0, 0.1) is 0 Å². The van der Waals surface area contributed by atoms with E-state index in [1.807, 2.05) is 6.92 Å². The molecule has 98 valence electrons. The van der Waals surface area contributed by atoms with Gasteiger partial charge in [-0.15, -0.1) is 0 Å². The zero-order valence-corrected chi connectivity index (χ0v) is 10.5. The van der Waals surface area contributed by atoms with Crippen LogP contribution < -0.4 is 5.32 Å². The summed E-state index contributed by atoms with van der Waals surface area (Å²) in [4.78, 5) is 22.6. The number of anilines is 1. The molecule has 5 nitrogen and oxygen atoms in total. The number of aromatic hydroxyl groups is 1. The van der Waals surface area contributed by atoms with Crippen molar-refractivity contribution in [1.29, 1.82) is 0 Å². The number of phenolic OH excluding ortho intramolecular Hbond substituents is 1. The van der Waals surface area contributed by atoms with Crippen LogP contribution >= 0.6 is 0 Å². The van der Waals surface area contributed by atoms with Crippen LogP contribution in [-0.2, 0) is 9.53 Å². The van der Waals surface area contributed by atoms with Crippen LogP contribution in [0.25, 0.3) is 0 Å². The molecule has 1 aromatic carbocycles. The van der Waals surface area contributed by atoms with E-state index in [4.69, 9.17) is 4.74 Å². The Hall–Kier alpha value is -2.04. The fraction of sp³-hybridized carbons (Fsp3) is 0.385. The number of esters is 1. The second-order valence-corrected chi connectivity index (χ2v) is 3.90. The van der Waals surface area contributed by atoms with Crippen LogP contribution in [-0.4, -0.2) is 23.6 Å². The molecule has 1 amide bonds. The molecular weight excluding hydrogens is 234 g/mol. The zero-order chi connectivity index (χ0) is 13.5. The second kappa shape index (κ2) is 6.64. The topological polar surface area (TPSA) is 75.6 Å². The number of nitrogens with one attached hydrogen (secondary N) is 1. The van der Waals surface area contributed by atoms with Crippen molar-refractivity contribution in [3.63, 3.8) is 0 Å². The van der Waals surface area contributed by atoms with E-state index in [2.05, 4.69) is 5.32 Å². The largest absolute Gasteiger partial charge is 0.506 e. The van der Waals surface area contributed by atoms with Gasteiger partial charge in [0.2, 0.25) is 5.91 Å². The monoisotopic (exact) mass is 251 g/mol. The van der Waals surface area contributed by atoms with Crippen molar-refractivity contribution in [1.82, 2.24) is 0 Å². The Morgan fingerprint density at radius 2 is 2.11 bits per heavy atom. The van der Waals surface area contributed by atoms with E-state index in [1.54, 1.807) is 0 Å². The molecule has 0 fully saturated rings. The Morgan fingerprint density at radius 3 is 2.72 bits per heavy atom. The van der Waals surface area contributed by atoms with Gasteiger partial charge in [0.15, 0.2) is 0 Å². The first-order valence-electron chi connectivity index (χ1n) is 5.82. The molecule has 0 saturated carbocycles. The van der Waals surface area contributed by atoms with Crippen molar-refractivity contribution in [3.05, 3.63) is 23.8 Å². The first-order chi connectivity index (χ1) is 8.54. The Bertz CT molecular complexity index is 443. The molecule has 0 spiro atoms. The van der Waals surface area contributed by atoms with Gasteiger partial charge in [-0.05, 0) is 24.6 Å². The number of hydrogen-bond donors (Lipinski definition) is 2. The zero-order valence-electron chi connectivity index (χ0n) is 10.5. The molecule has 0 heterocycles. The lowest BCUT2D eigenvalue weighted by atomic mass is 10.2. The van der Waals surface area contributed by atoms with E-state index < -0.39 is 5.97 Å². The first-order valence-corrected chi connectivity index (χ1v) is 5.82. The van der Waals surface area contributed by atoms with Crippen LogP contribution in [0.3, 0.4) is 0 Å². The number of benzene rings is 1. The van der Waals surface area contributed by atoms with E-state index in [-0.39, 0.29) is 17.3 Å². The van der Waals surface area contributed by atoms with Gasteiger partial charge in [0.25, 0.3) is 0 Å². The van der Waals surface area contributed by atoms with Gasteiger partial charge in [0, 0.05) is 6.92 Å². The third-order valence-corrected chi connectivity index (χ3v) is 2.27. The van der Waals surface area contributed by atoms with Crippen LogP contribution in [0.4, 0.5) is 5.69 Å². The number of hydrogen-bond acceptors (Lipinski definition) is 4. The summed E-state index contributed by atoms with van der Waals surface area (Å²) >= 11 is 0. The smallest absolute Gasteiger partial charge is 0.338 e. The van der Waals surface area contributed by atoms with Crippen molar-refractivity contribution in [3.8, 4) is 5.75 Å². The molecule has 0 aliphatic carbocycles. The summed E-state index contributed by atoms with van der Waals surface area (Å²) in [5.74, 6) is -0.868. The van der Waals surface area contributed by atoms with Gasteiger partial charge in [-0.2, -0.15) is 0 Å². The molecule has 5 heteroatoms. The average Bonchev–Trinajstić information content (AvgIpc) is 2.31. The highest BCUT2D eigenvalue weighted by atomic mass is 16.5. The van der Waals surface area contributed by atoms with Crippen LogP contribution in [0.1, 0.15) is 37.0 Å². The van der Waals surface area contributed by atoms with Crippen LogP contribution in [0.5, 0.6) is 5.75 Å². The first kappa shape index (κ1) is 14.0. The number of unbranched alkanes of at least 4 members (excludes halogenated alkanes) is 1. The highest BCUT2D eigenvalue weighted by Gasteiger charge is 2.11. The molecule has 1 rings (SSSR count). The molecule has 0 bridgehead atoms. The van der Waals surface area contributed by atoms with Crippen molar-refractivity contribution in [2.75, 3.05) is 11.9 Å². The Kier molecular flexibility index (Phi) is 5.17. The summed E-state index contributed by atoms with van der Waals surface area (Å²) in [6.07, 6.45) is 1.75. The standard InChI is InChI=1S/C13H17NO4/c1-3-4-7-18-13(17)10-5-6-12(16)11(8-10)14-9(2)15/h5-6,8,16H,3-4,7H2,1-2H3,(H,14,15). The summed E-state index contributed by atoms with van der Waals surface area (Å²) in [7, 11) is 0. The van der Waals surface area contributed by atoms with Gasteiger partial charge in [-0.3, -0.25) is 4.79 Å². The van der Waals surface area contributed by atoms with Gasteiger partial charge in [0.05, 0.1) is 17.9 Å². The average molecular weight is 251 g/mol. The van der Waals surface area contributed by atoms with Gasteiger partial charge < -0.3 is 15.2 Å². The molecule has 0 aliphatic heterocycles. The molecule has 2 N–H and O–H groups in total. The third kappa shape index (κ3) is 4.08. The maximum absolute atomic E-state index is 11.7. The number of amides is 1.